The lowest BCUT2D eigenvalue weighted by Gasteiger charge is -2.64. The molecule has 190 valence electrons. The molecule has 4 saturated carbocycles. The van der Waals surface area contributed by atoms with Gasteiger partial charge in [0.15, 0.2) is 0 Å². The molecule has 0 aromatic heterocycles. The van der Waals surface area contributed by atoms with Crippen LogP contribution in [-0.4, -0.2) is 36.6 Å². The molecule has 4 aliphatic carbocycles. The van der Waals surface area contributed by atoms with E-state index in [2.05, 4.69) is 27.7 Å². The molecule has 11 atom stereocenters. The van der Waals surface area contributed by atoms with Gasteiger partial charge in [-0.05, 0) is 104 Å². The number of hydrogen-bond acceptors (Lipinski definition) is 4. The summed E-state index contributed by atoms with van der Waals surface area (Å²) < 4.78 is 22.4. The lowest BCUT2D eigenvalue weighted by atomic mass is 9.41. The molecule has 4 fully saturated rings. The molecule has 0 radical (unpaired) electrons. The van der Waals surface area contributed by atoms with Gasteiger partial charge in [-0.1, -0.05) is 46.3 Å². The number of primary sulfonamides is 1. The Morgan fingerprint density at radius 3 is 2.33 bits per heavy atom. The molecule has 0 aromatic carbocycles. The van der Waals surface area contributed by atoms with E-state index < -0.39 is 10.0 Å². The Balaban J connectivity index is 1.55. The number of fused-ring (bicyclic) bond motifs is 5. The molecule has 4 rings (SSSR count). The number of aliphatic hydroxyl groups excluding tert-OH is 2. The van der Waals surface area contributed by atoms with E-state index in [9.17, 15) is 18.6 Å². The van der Waals surface area contributed by atoms with Gasteiger partial charge < -0.3 is 10.2 Å². The van der Waals surface area contributed by atoms with E-state index >= 15 is 0 Å². The van der Waals surface area contributed by atoms with Gasteiger partial charge in [0.05, 0.1) is 18.0 Å². The molecule has 4 aliphatic rings. The Kier molecular flexibility index (Phi) is 7.17. The number of aliphatic hydroxyl groups is 2. The zero-order valence-corrected chi connectivity index (χ0v) is 21.9. The van der Waals surface area contributed by atoms with Gasteiger partial charge in [-0.25, -0.2) is 13.6 Å². The van der Waals surface area contributed by atoms with Crippen LogP contribution in [0.25, 0.3) is 0 Å². The molecule has 0 heterocycles. The Morgan fingerprint density at radius 2 is 1.67 bits per heavy atom. The first kappa shape index (κ1) is 25.7. The van der Waals surface area contributed by atoms with Crippen LogP contribution in [0.4, 0.5) is 0 Å². The number of rotatable bonds is 6. The fourth-order valence-electron chi connectivity index (χ4n) is 9.61. The van der Waals surface area contributed by atoms with Gasteiger partial charge in [0.2, 0.25) is 10.0 Å². The normalized spacial score (nSPS) is 48.8. The first-order chi connectivity index (χ1) is 15.4. The standard InChI is InChI=1S/C27H47NO4S/c1-5-19-23-16-18(29)11-13-27(23,4)22-12-14-26(3)20(9-10-21(26)24(22)25(19)30)17(2)8-6-7-15-33(28,31)32/h6-7,17-25,29-30H,5,8-16H2,1-4H3,(H2,28,31,32)/t17-,18-,19-,20-,21+,22+,23+,24+,25-,26-,27-/m1/s1. The maximum absolute atomic E-state index is 11.8. The van der Waals surface area contributed by atoms with Gasteiger partial charge in [-0.3, -0.25) is 0 Å². The maximum atomic E-state index is 11.8. The molecular formula is C27H47NO4S. The van der Waals surface area contributed by atoms with Crippen molar-refractivity contribution in [2.75, 3.05) is 5.75 Å². The number of nitrogens with two attached hydrogens (primary N) is 1. The van der Waals surface area contributed by atoms with Crippen molar-refractivity contribution in [3.63, 3.8) is 0 Å². The Labute approximate surface area is 201 Å². The fourth-order valence-corrected chi connectivity index (χ4v) is 10.0. The Morgan fingerprint density at radius 1 is 1.00 bits per heavy atom. The second-order valence-corrected chi connectivity index (χ2v) is 14.3. The zero-order chi connectivity index (χ0) is 24.2. The average molecular weight is 482 g/mol. The quantitative estimate of drug-likeness (QED) is 0.487. The van der Waals surface area contributed by atoms with Crippen LogP contribution >= 0.6 is 0 Å². The molecule has 0 amide bonds. The van der Waals surface area contributed by atoms with Crippen molar-refractivity contribution < 1.29 is 18.6 Å². The summed E-state index contributed by atoms with van der Waals surface area (Å²) in [5, 5.41) is 27.4. The fraction of sp³-hybridized carbons (Fsp3) is 0.926. The van der Waals surface area contributed by atoms with E-state index in [0.29, 0.717) is 41.4 Å². The summed E-state index contributed by atoms with van der Waals surface area (Å²) in [6, 6.07) is 0. The lowest BCUT2D eigenvalue weighted by Crippen LogP contribution is -2.62. The van der Waals surface area contributed by atoms with E-state index in [1.54, 1.807) is 6.08 Å². The molecule has 0 bridgehead atoms. The van der Waals surface area contributed by atoms with Gasteiger partial charge in [-0.15, -0.1) is 0 Å². The third kappa shape index (κ3) is 4.47. The minimum Gasteiger partial charge on any atom is -0.393 e. The summed E-state index contributed by atoms with van der Waals surface area (Å²) in [5.41, 5.74) is 0.482. The predicted octanol–water partition coefficient (Wildman–Crippen LogP) is 4.48. The molecule has 0 aromatic rings. The van der Waals surface area contributed by atoms with Gasteiger partial charge in [-0.2, -0.15) is 0 Å². The largest absolute Gasteiger partial charge is 0.393 e. The molecule has 0 spiro atoms. The van der Waals surface area contributed by atoms with Crippen molar-refractivity contribution in [2.45, 2.75) is 97.7 Å². The highest BCUT2D eigenvalue weighted by Crippen LogP contribution is 2.69. The van der Waals surface area contributed by atoms with Crippen LogP contribution in [0.3, 0.4) is 0 Å². The maximum Gasteiger partial charge on any atom is 0.212 e. The average Bonchev–Trinajstić information content (AvgIpc) is 3.09. The smallest absolute Gasteiger partial charge is 0.212 e. The van der Waals surface area contributed by atoms with Crippen molar-refractivity contribution in [2.24, 2.45) is 57.4 Å². The van der Waals surface area contributed by atoms with Crippen molar-refractivity contribution in [3.8, 4) is 0 Å². The summed E-state index contributed by atoms with van der Waals surface area (Å²) in [6.45, 7) is 9.52. The van der Waals surface area contributed by atoms with Gasteiger partial charge in [0.25, 0.3) is 0 Å². The summed E-state index contributed by atoms with van der Waals surface area (Å²) >= 11 is 0. The first-order valence-corrected chi connectivity index (χ1v) is 15.2. The molecule has 0 unspecified atom stereocenters. The van der Waals surface area contributed by atoms with Crippen LogP contribution < -0.4 is 5.14 Å². The third-order valence-electron chi connectivity index (χ3n) is 11.2. The van der Waals surface area contributed by atoms with Crippen LogP contribution in [0.5, 0.6) is 0 Å². The summed E-state index contributed by atoms with van der Waals surface area (Å²) in [6.07, 6.45) is 12.8. The van der Waals surface area contributed by atoms with E-state index in [-0.39, 0.29) is 28.8 Å². The number of allylic oxidation sites excluding steroid dienone is 1. The molecule has 33 heavy (non-hydrogen) atoms. The highest BCUT2D eigenvalue weighted by molar-refractivity contribution is 7.89. The van der Waals surface area contributed by atoms with Gasteiger partial charge in [0, 0.05) is 0 Å². The van der Waals surface area contributed by atoms with E-state index in [4.69, 9.17) is 5.14 Å². The van der Waals surface area contributed by atoms with Crippen LogP contribution in [-0.2, 0) is 10.0 Å². The van der Waals surface area contributed by atoms with Crippen molar-refractivity contribution in [1.82, 2.24) is 0 Å². The van der Waals surface area contributed by atoms with Crippen molar-refractivity contribution >= 4 is 10.0 Å². The van der Waals surface area contributed by atoms with Crippen LogP contribution in [0.15, 0.2) is 12.2 Å². The lowest BCUT2D eigenvalue weighted by molar-refractivity contribution is -0.203. The van der Waals surface area contributed by atoms with E-state index in [1.165, 1.54) is 25.7 Å². The number of hydrogen-bond donors (Lipinski definition) is 3. The highest BCUT2D eigenvalue weighted by Gasteiger charge is 2.64. The van der Waals surface area contributed by atoms with Gasteiger partial charge >= 0.3 is 0 Å². The van der Waals surface area contributed by atoms with Crippen molar-refractivity contribution in [1.29, 1.82) is 0 Å². The first-order valence-electron chi connectivity index (χ1n) is 13.4. The SMILES string of the molecule is CC[C@H]1[C@@H](O)[C@@H]2[C@H](CC[C@]3(C)[C@@H]([C@H](C)CC=CCS(N)(=O)=O)CC[C@@H]23)[C@@]2(C)CC[C@@H](O)C[C@@H]12. The summed E-state index contributed by atoms with van der Waals surface area (Å²) in [5.74, 6) is 3.24. The Bertz CT molecular complexity index is 843. The predicted molar refractivity (Wildman–Crippen MR) is 133 cm³/mol. The van der Waals surface area contributed by atoms with Crippen LogP contribution in [0, 0.1) is 52.3 Å². The van der Waals surface area contributed by atoms with Crippen LogP contribution in [0.1, 0.15) is 85.5 Å². The monoisotopic (exact) mass is 481 g/mol. The minimum atomic E-state index is -3.45. The number of sulfonamides is 1. The summed E-state index contributed by atoms with van der Waals surface area (Å²) in [7, 11) is -3.45. The topological polar surface area (TPSA) is 101 Å². The van der Waals surface area contributed by atoms with E-state index in [0.717, 1.165) is 32.1 Å². The molecule has 0 saturated heterocycles. The summed E-state index contributed by atoms with van der Waals surface area (Å²) in [4.78, 5) is 0. The van der Waals surface area contributed by atoms with Crippen molar-refractivity contribution in [3.05, 3.63) is 12.2 Å². The minimum absolute atomic E-state index is 0.0902. The van der Waals surface area contributed by atoms with E-state index in [1.807, 2.05) is 6.08 Å². The Hall–Kier alpha value is -0.430. The third-order valence-corrected chi connectivity index (χ3v) is 11.8. The second-order valence-electron chi connectivity index (χ2n) is 12.6. The highest BCUT2D eigenvalue weighted by atomic mass is 32.2. The molecule has 5 nitrogen and oxygen atoms in total. The molecule has 4 N–H and O–H groups in total. The van der Waals surface area contributed by atoms with Crippen LogP contribution in [0.2, 0.25) is 0 Å². The molecule has 6 heteroatoms. The van der Waals surface area contributed by atoms with Gasteiger partial charge in [0.1, 0.15) is 0 Å². The molecular weight excluding hydrogens is 434 g/mol. The second kappa shape index (κ2) is 9.22. The molecule has 0 aliphatic heterocycles. The zero-order valence-electron chi connectivity index (χ0n) is 21.1.